The minimum atomic E-state index is -0.936. The van der Waals surface area contributed by atoms with Crippen molar-refractivity contribution in [1.29, 1.82) is 5.26 Å². The van der Waals surface area contributed by atoms with Crippen LogP contribution in [0.25, 0.3) is 0 Å². The Labute approximate surface area is 87.2 Å². The van der Waals surface area contributed by atoms with Crippen molar-refractivity contribution < 1.29 is 13.5 Å². The summed E-state index contributed by atoms with van der Waals surface area (Å²) in [6, 6.07) is 2.82. The van der Waals surface area contributed by atoms with Gasteiger partial charge in [0.2, 0.25) is 0 Å². The van der Waals surface area contributed by atoms with Crippen molar-refractivity contribution in [2.75, 3.05) is 7.11 Å². The van der Waals surface area contributed by atoms with E-state index in [1.54, 1.807) is 6.07 Å². The molecule has 0 fully saturated rings. The molecule has 5 heteroatoms. The Morgan fingerprint density at radius 3 is 2.54 bits per heavy atom. The monoisotopic (exact) mass is 288 g/mol. The fourth-order valence-electron chi connectivity index (χ4n) is 0.873. The van der Waals surface area contributed by atoms with Crippen molar-refractivity contribution in [3.8, 4) is 11.8 Å². The molecule has 0 unspecified atom stereocenters. The number of nitriles is 1. The van der Waals surface area contributed by atoms with Crippen LogP contribution in [0.2, 0.25) is 0 Å². The van der Waals surface area contributed by atoms with Gasteiger partial charge >= 0.3 is 87.1 Å². The van der Waals surface area contributed by atoms with Gasteiger partial charge in [-0.3, -0.25) is 0 Å². The van der Waals surface area contributed by atoms with Crippen LogP contribution in [0.1, 0.15) is 5.56 Å². The summed E-state index contributed by atoms with van der Waals surface area (Å²) in [6.45, 7) is 0. The predicted octanol–water partition coefficient (Wildman–Crippen LogP) is 0.639. The minimum absolute atomic E-state index is 0.190. The molecule has 0 amide bonds. The molecule has 0 spiro atoms. The summed E-state index contributed by atoms with van der Waals surface area (Å²) in [7, 11) is 1.16. The number of ether oxygens (including phenoxy) is 1. The SMILES string of the molecule is COc1c(F)[c]([Sn])cc(C#N)c1F. The molecule has 0 saturated carbocycles. The van der Waals surface area contributed by atoms with Gasteiger partial charge in [-0.1, -0.05) is 0 Å². The van der Waals surface area contributed by atoms with E-state index < -0.39 is 17.4 Å². The molecule has 1 rings (SSSR count). The van der Waals surface area contributed by atoms with E-state index >= 15 is 0 Å². The number of nitrogens with zero attached hydrogens (tertiary/aromatic N) is 1. The maximum absolute atomic E-state index is 13.1. The third-order valence-electron chi connectivity index (χ3n) is 1.48. The zero-order valence-corrected chi connectivity index (χ0v) is 9.54. The Balaban J connectivity index is 3.50. The van der Waals surface area contributed by atoms with Gasteiger partial charge in [0, 0.05) is 0 Å². The van der Waals surface area contributed by atoms with E-state index in [0.717, 1.165) is 29.6 Å². The molecule has 0 aromatic heterocycles. The summed E-state index contributed by atoms with van der Waals surface area (Å²) in [4.78, 5) is 0. The molecule has 0 aliphatic heterocycles. The summed E-state index contributed by atoms with van der Waals surface area (Å²) < 4.78 is 31.1. The second-order valence-corrected chi connectivity index (χ2v) is 3.78. The zero-order chi connectivity index (χ0) is 10.0. The molecule has 1 aromatic carbocycles. The Bertz CT molecular complexity index is 387. The molecule has 1 aromatic rings. The second kappa shape index (κ2) is 3.92. The van der Waals surface area contributed by atoms with Gasteiger partial charge in [-0.05, 0) is 0 Å². The van der Waals surface area contributed by atoms with Crippen molar-refractivity contribution in [3.05, 3.63) is 23.3 Å². The van der Waals surface area contributed by atoms with E-state index in [2.05, 4.69) is 4.74 Å². The number of hydrogen-bond acceptors (Lipinski definition) is 2. The van der Waals surface area contributed by atoms with Gasteiger partial charge < -0.3 is 0 Å². The molecule has 3 radical (unpaired) electrons. The molecule has 2 nitrogen and oxygen atoms in total. The molecular formula is C8H4F2NOSn. The van der Waals surface area contributed by atoms with Crippen LogP contribution in [0.5, 0.6) is 5.75 Å². The fourth-order valence-corrected chi connectivity index (χ4v) is 1.61. The molecule has 0 N–H and O–H groups in total. The third kappa shape index (κ3) is 1.75. The first-order chi connectivity index (χ1) is 6.11. The van der Waals surface area contributed by atoms with Crippen molar-refractivity contribution in [2.24, 2.45) is 0 Å². The normalized spacial score (nSPS) is 9.46. The summed E-state index contributed by atoms with van der Waals surface area (Å²) in [5.74, 6) is -2.14. The molecule has 0 atom stereocenters. The Morgan fingerprint density at radius 2 is 2.08 bits per heavy atom. The van der Waals surface area contributed by atoms with E-state index in [4.69, 9.17) is 5.26 Å². The van der Waals surface area contributed by atoms with E-state index in [9.17, 15) is 8.78 Å². The van der Waals surface area contributed by atoms with Crippen LogP contribution in [0.4, 0.5) is 8.78 Å². The first-order valence-electron chi connectivity index (χ1n) is 3.29. The average molecular weight is 287 g/mol. The van der Waals surface area contributed by atoms with Gasteiger partial charge in [-0.2, -0.15) is 0 Å². The quantitative estimate of drug-likeness (QED) is 0.710. The topological polar surface area (TPSA) is 33.0 Å². The summed E-state index contributed by atoms with van der Waals surface area (Å²) >= 11 is 0.772. The number of benzene rings is 1. The van der Waals surface area contributed by atoms with Crippen molar-refractivity contribution in [1.82, 2.24) is 0 Å². The second-order valence-electron chi connectivity index (χ2n) is 2.24. The van der Waals surface area contributed by atoms with Crippen LogP contribution in [-0.4, -0.2) is 29.6 Å². The van der Waals surface area contributed by atoms with Crippen LogP contribution in [0.3, 0.4) is 0 Å². The van der Waals surface area contributed by atoms with Gasteiger partial charge in [-0.25, -0.2) is 0 Å². The maximum atomic E-state index is 13.1. The number of rotatable bonds is 1. The number of hydrogen-bond donors (Lipinski definition) is 0. The van der Waals surface area contributed by atoms with Crippen LogP contribution in [-0.2, 0) is 0 Å². The van der Waals surface area contributed by atoms with Crippen molar-refractivity contribution in [2.45, 2.75) is 0 Å². The van der Waals surface area contributed by atoms with Crippen molar-refractivity contribution in [3.63, 3.8) is 0 Å². The Hall–Kier alpha value is -0.831. The molecule has 0 heterocycles. The average Bonchev–Trinajstić information content (AvgIpc) is 2.12. The summed E-state index contributed by atoms with van der Waals surface area (Å²) in [5.41, 5.74) is -0.190. The summed E-state index contributed by atoms with van der Waals surface area (Å²) in [5, 5.41) is 8.50. The van der Waals surface area contributed by atoms with Crippen LogP contribution in [0, 0.1) is 23.0 Å². The van der Waals surface area contributed by atoms with Crippen LogP contribution in [0.15, 0.2) is 6.07 Å². The Kier molecular flexibility index (Phi) is 3.09. The Morgan fingerprint density at radius 1 is 1.46 bits per heavy atom. The number of methoxy groups -OCH3 is 1. The van der Waals surface area contributed by atoms with Gasteiger partial charge in [-0.15, -0.1) is 0 Å². The van der Waals surface area contributed by atoms with E-state index in [-0.39, 0.29) is 9.14 Å². The first-order valence-corrected chi connectivity index (χ1v) is 4.72. The third-order valence-corrected chi connectivity index (χ3v) is 2.52. The van der Waals surface area contributed by atoms with Gasteiger partial charge in [0.1, 0.15) is 0 Å². The van der Waals surface area contributed by atoms with E-state index in [0.29, 0.717) is 0 Å². The molecular weight excluding hydrogens is 283 g/mol. The molecule has 65 valence electrons. The molecule has 0 saturated heterocycles. The van der Waals surface area contributed by atoms with E-state index in [1.807, 2.05) is 0 Å². The van der Waals surface area contributed by atoms with Gasteiger partial charge in [0.15, 0.2) is 0 Å². The number of halogens is 2. The van der Waals surface area contributed by atoms with Gasteiger partial charge in [0.05, 0.1) is 0 Å². The van der Waals surface area contributed by atoms with Crippen LogP contribution < -0.4 is 8.32 Å². The van der Waals surface area contributed by atoms with Crippen LogP contribution >= 0.6 is 0 Å². The van der Waals surface area contributed by atoms with Crippen molar-refractivity contribution >= 4 is 26.1 Å². The van der Waals surface area contributed by atoms with E-state index in [1.165, 1.54) is 6.07 Å². The first kappa shape index (κ1) is 10.3. The standard InChI is InChI=1S/C8H4F2NO.Sn/c1-12-8-6(9)3-2-5(4-11)7(8)10;/h2H,1H3;. The predicted molar refractivity (Wildman–Crippen MR) is 43.0 cm³/mol. The zero-order valence-electron chi connectivity index (χ0n) is 6.69. The van der Waals surface area contributed by atoms with Gasteiger partial charge in [0.25, 0.3) is 0 Å². The summed E-state index contributed by atoms with van der Waals surface area (Å²) in [6.07, 6.45) is 0. The molecule has 13 heavy (non-hydrogen) atoms. The molecule has 0 bridgehead atoms. The molecule has 0 aliphatic carbocycles. The fraction of sp³-hybridized carbons (Fsp3) is 0.125. The molecule has 0 aliphatic rings.